The molecule has 3 aromatic heterocycles. The van der Waals surface area contributed by atoms with Crippen molar-refractivity contribution in [3.63, 3.8) is 0 Å². The van der Waals surface area contributed by atoms with Gasteiger partial charge in [0, 0.05) is 38.2 Å². The summed E-state index contributed by atoms with van der Waals surface area (Å²) in [5, 5.41) is 10.7. The van der Waals surface area contributed by atoms with Crippen LogP contribution in [0.25, 0.3) is 22.4 Å². The highest BCUT2D eigenvalue weighted by atomic mass is 19.4. The second-order valence-corrected chi connectivity index (χ2v) is 7.73. The van der Waals surface area contributed by atoms with E-state index in [2.05, 4.69) is 25.5 Å². The first kappa shape index (κ1) is 21.2. The number of halogens is 3. The fraction of sp³-hybridized carbons (Fsp3) is 0.261. The Morgan fingerprint density at radius 2 is 1.97 bits per heavy atom. The van der Waals surface area contributed by atoms with Crippen LogP contribution in [0.4, 0.5) is 19.0 Å². The largest absolute Gasteiger partial charge is 0.496 e. The highest BCUT2D eigenvalue weighted by Gasteiger charge is 2.36. The summed E-state index contributed by atoms with van der Waals surface area (Å²) in [4.78, 5) is 10.6. The molecule has 2 N–H and O–H groups in total. The molecule has 1 fully saturated rings. The zero-order chi connectivity index (χ0) is 23.0. The third-order valence-corrected chi connectivity index (χ3v) is 5.77. The number of piperazine rings is 1. The Morgan fingerprint density at radius 1 is 1.12 bits per heavy atom. The highest BCUT2D eigenvalue weighted by molar-refractivity contribution is 5.90. The molecule has 0 spiro atoms. The summed E-state index contributed by atoms with van der Waals surface area (Å²) in [6.45, 7) is 1.79. The molecule has 0 aliphatic carbocycles. The fourth-order valence-electron chi connectivity index (χ4n) is 4.20. The van der Waals surface area contributed by atoms with E-state index in [1.54, 1.807) is 25.4 Å². The Balaban J connectivity index is 0.00000274. The smallest absolute Gasteiger partial charge is 0.418 e. The van der Waals surface area contributed by atoms with Crippen LogP contribution in [-0.4, -0.2) is 46.9 Å². The first-order chi connectivity index (χ1) is 16.0. The van der Waals surface area contributed by atoms with Gasteiger partial charge >= 0.3 is 6.18 Å². The Bertz CT molecular complexity index is 1300. The zero-order valence-electron chi connectivity index (χ0n) is 17.7. The van der Waals surface area contributed by atoms with E-state index in [-0.39, 0.29) is 18.9 Å². The summed E-state index contributed by atoms with van der Waals surface area (Å²) in [6, 6.07) is 13.5. The Morgan fingerprint density at radius 3 is 2.79 bits per heavy atom. The summed E-state index contributed by atoms with van der Waals surface area (Å²) in [7, 11) is 1.62. The van der Waals surface area contributed by atoms with Crippen molar-refractivity contribution >= 4 is 16.9 Å². The number of aromatic amines is 1. The molecule has 7 nitrogen and oxygen atoms in total. The maximum atomic E-state index is 13.9. The van der Waals surface area contributed by atoms with Gasteiger partial charge in [0.25, 0.3) is 0 Å². The van der Waals surface area contributed by atoms with Crippen LogP contribution in [-0.2, 0) is 6.18 Å². The van der Waals surface area contributed by atoms with Crippen LogP contribution in [0.5, 0.6) is 5.75 Å². The lowest BCUT2D eigenvalue weighted by Crippen LogP contribution is -2.46. The minimum atomic E-state index is -4.57. The molecule has 1 aliphatic heterocycles. The maximum Gasteiger partial charge on any atom is 0.418 e. The molecule has 1 aliphatic rings. The van der Waals surface area contributed by atoms with Gasteiger partial charge in [-0.15, -0.1) is 0 Å². The van der Waals surface area contributed by atoms with Crippen molar-refractivity contribution in [3.05, 3.63) is 65.9 Å². The van der Waals surface area contributed by atoms with Crippen molar-refractivity contribution in [2.75, 3.05) is 31.6 Å². The number of para-hydroxylation sites is 1. The minimum absolute atomic E-state index is 0. The van der Waals surface area contributed by atoms with Crippen LogP contribution in [0.1, 0.15) is 18.6 Å². The second kappa shape index (κ2) is 8.36. The van der Waals surface area contributed by atoms with Crippen LogP contribution >= 0.6 is 0 Å². The number of methoxy groups -OCH3 is 1. The second-order valence-electron chi connectivity index (χ2n) is 7.73. The monoisotopic (exact) mass is 456 g/mol. The molecule has 4 heterocycles. The summed E-state index contributed by atoms with van der Waals surface area (Å²) < 4.78 is 47.0. The number of alkyl halides is 3. The number of benzene rings is 1. The van der Waals surface area contributed by atoms with Crippen LogP contribution in [0.2, 0.25) is 0 Å². The van der Waals surface area contributed by atoms with Gasteiger partial charge < -0.3 is 15.0 Å². The van der Waals surface area contributed by atoms with Gasteiger partial charge in [0.15, 0.2) is 5.65 Å². The van der Waals surface area contributed by atoms with Crippen LogP contribution in [0.15, 0.2) is 54.7 Å². The van der Waals surface area contributed by atoms with E-state index in [0.29, 0.717) is 36.5 Å². The Labute approximate surface area is 189 Å². The lowest BCUT2D eigenvalue weighted by Gasteiger charge is -2.35. The molecule has 0 saturated carbocycles. The first-order valence-electron chi connectivity index (χ1n) is 10.4. The highest BCUT2D eigenvalue weighted by Crippen LogP contribution is 2.39. The predicted molar refractivity (Wildman–Crippen MR) is 120 cm³/mol. The number of rotatable bonds is 4. The lowest BCUT2D eigenvalue weighted by atomic mass is 10.0. The van der Waals surface area contributed by atoms with Gasteiger partial charge in [0.2, 0.25) is 0 Å². The van der Waals surface area contributed by atoms with E-state index in [1.165, 1.54) is 6.07 Å². The molecule has 172 valence electrons. The van der Waals surface area contributed by atoms with E-state index in [0.717, 1.165) is 17.4 Å². The number of aromatic nitrogens is 4. The number of pyridine rings is 2. The van der Waals surface area contributed by atoms with Crippen molar-refractivity contribution in [1.82, 2.24) is 25.5 Å². The number of hydrogen-bond acceptors (Lipinski definition) is 6. The fourth-order valence-corrected chi connectivity index (χ4v) is 4.20. The van der Waals surface area contributed by atoms with Gasteiger partial charge in [0.1, 0.15) is 17.3 Å². The van der Waals surface area contributed by atoms with Gasteiger partial charge in [-0.3, -0.25) is 5.10 Å². The molecule has 5 rings (SSSR count). The van der Waals surface area contributed by atoms with Crippen molar-refractivity contribution < 1.29 is 19.3 Å². The lowest BCUT2D eigenvalue weighted by molar-refractivity contribution is -0.137. The topological polar surface area (TPSA) is 79.0 Å². The van der Waals surface area contributed by atoms with E-state index in [4.69, 9.17) is 4.74 Å². The van der Waals surface area contributed by atoms with Crippen molar-refractivity contribution in [1.29, 1.82) is 0 Å². The number of nitrogens with zero attached hydrogens (tertiary/aromatic N) is 4. The van der Waals surface area contributed by atoms with Crippen molar-refractivity contribution in [3.8, 4) is 17.1 Å². The number of nitrogens with one attached hydrogen (secondary N) is 2. The number of fused-ring (bicyclic) bond motifs is 1. The normalized spacial score (nSPS) is 16.8. The van der Waals surface area contributed by atoms with Gasteiger partial charge in [-0.2, -0.15) is 18.3 Å². The maximum absolute atomic E-state index is 13.9. The molecule has 0 amide bonds. The van der Waals surface area contributed by atoms with E-state index < -0.39 is 11.7 Å². The van der Waals surface area contributed by atoms with Gasteiger partial charge in [0.05, 0.1) is 24.4 Å². The Hall–Kier alpha value is -3.66. The molecule has 1 saturated heterocycles. The minimum Gasteiger partial charge on any atom is -0.496 e. The predicted octanol–water partition coefficient (Wildman–Crippen LogP) is 4.44. The van der Waals surface area contributed by atoms with Crippen LogP contribution < -0.4 is 15.0 Å². The van der Waals surface area contributed by atoms with Crippen molar-refractivity contribution in [2.45, 2.75) is 12.2 Å². The average molecular weight is 456 g/mol. The summed E-state index contributed by atoms with van der Waals surface area (Å²) in [5.74, 6) is 1.22. The standard InChI is InChI=1S/C23H21F3N6O.H2/c1-33-18-7-3-2-5-14(18)17-13-32(12-11-27-17)19-9-8-16(23(24,25)26)21(29-19)20-15-6-4-10-28-22(15)31-30-20;/h2-10,17,27H,11-13H2,1H3,(H,28,30,31);1H. The molecule has 4 aromatic rings. The quantitative estimate of drug-likeness (QED) is 0.473. The molecule has 1 aromatic carbocycles. The van der Waals surface area contributed by atoms with E-state index in [9.17, 15) is 13.2 Å². The number of ether oxygens (including phenoxy) is 1. The van der Waals surface area contributed by atoms with Crippen LogP contribution in [0, 0.1) is 0 Å². The molecule has 33 heavy (non-hydrogen) atoms. The number of anilines is 1. The number of H-pyrrole nitrogens is 1. The molecule has 10 heteroatoms. The third-order valence-electron chi connectivity index (χ3n) is 5.77. The molecule has 0 radical (unpaired) electrons. The summed E-state index contributed by atoms with van der Waals surface area (Å²) >= 11 is 0. The molecular weight excluding hydrogens is 433 g/mol. The average Bonchev–Trinajstić information content (AvgIpc) is 3.27. The molecule has 1 unspecified atom stereocenters. The SMILES string of the molecule is COc1ccccc1C1CN(c2ccc(C(F)(F)F)c(-c3[nH]nc4ncccc34)n2)CCN1.[HH]. The van der Waals surface area contributed by atoms with Crippen LogP contribution in [0.3, 0.4) is 0 Å². The molecule has 0 bridgehead atoms. The Kier molecular flexibility index (Phi) is 5.37. The summed E-state index contributed by atoms with van der Waals surface area (Å²) in [6.07, 6.45) is -3.02. The zero-order valence-corrected chi connectivity index (χ0v) is 17.7. The summed E-state index contributed by atoms with van der Waals surface area (Å²) in [5.41, 5.74) is 0.511. The van der Waals surface area contributed by atoms with E-state index in [1.807, 2.05) is 29.2 Å². The van der Waals surface area contributed by atoms with Gasteiger partial charge in [-0.05, 0) is 30.3 Å². The van der Waals surface area contributed by atoms with Gasteiger partial charge in [-0.25, -0.2) is 9.97 Å². The van der Waals surface area contributed by atoms with E-state index >= 15 is 0 Å². The number of hydrogen-bond donors (Lipinski definition) is 2. The molecular formula is C23H23F3N6O. The van der Waals surface area contributed by atoms with Gasteiger partial charge in [-0.1, -0.05) is 18.2 Å². The first-order valence-corrected chi connectivity index (χ1v) is 10.4. The van der Waals surface area contributed by atoms with Crippen molar-refractivity contribution in [2.24, 2.45) is 0 Å². The molecule has 1 atom stereocenters. The third kappa shape index (κ3) is 3.97.